The maximum atomic E-state index is 11.3. The van der Waals surface area contributed by atoms with Crippen molar-refractivity contribution in [1.82, 2.24) is 0 Å². The number of carbonyl (C=O) groups excluding carboxylic acids is 1. The third-order valence-corrected chi connectivity index (χ3v) is 6.18. The third kappa shape index (κ3) is 22.3. The van der Waals surface area contributed by atoms with E-state index in [-0.39, 0.29) is 24.3 Å². The molecule has 2 N–H and O–H groups in total. The van der Waals surface area contributed by atoms with Crippen LogP contribution in [0.4, 0.5) is 0 Å². The van der Waals surface area contributed by atoms with Gasteiger partial charge in [-0.05, 0) is 32.6 Å². The lowest BCUT2D eigenvalue weighted by Gasteiger charge is -2.13. The molecule has 5 nitrogen and oxygen atoms in total. The zero-order valence-electron chi connectivity index (χ0n) is 20.8. The molecule has 0 bridgehead atoms. The standard InChI is InChI=1S/C26H52O5/c1-23(27)18-14-13-16-20-24(28)19-15-11-9-7-5-4-6-8-10-12-17-21-25(30-2)22-26(29)31-3/h23-25,27-28H,4-22H2,1-3H3. The highest BCUT2D eigenvalue weighted by Crippen LogP contribution is 2.16. The van der Waals surface area contributed by atoms with Crippen LogP contribution in [0, 0.1) is 0 Å². The fourth-order valence-corrected chi connectivity index (χ4v) is 4.06. The predicted molar refractivity (Wildman–Crippen MR) is 128 cm³/mol. The molecule has 0 aliphatic carbocycles. The number of hydrogen-bond acceptors (Lipinski definition) is 5. The van der Waals surface area contributed by atoms with Crippen molar-refractivity contribution in [2.75, 3.05) is 14.2 Å². The highest BCUT2D eigenvalue weighted by molar-refractivity contribution is 5.69. The predicted octanol–water partition coefficient (Wildman–Crippen LogP) is 6.33. The number of rotatable bonds is 23. The molecule has 0 aromatic rings. The molecular weight excluding hydrogens is 392 g/mol. The lowest BCUT2D eigenvalue weighted by molar-refractivity contribution is -0.143. The molecule has 0 amide bonds. The molecule has 186 valence electrons. The van der Waals surface area contributed by atoms with Crippen LogP contribution in [-0.4, -0.2) is 48.7 Å². The summed E-state index contributed by atoms with van der Waals surface area (Å²) in [7, 11) is 3.09. The third-order valence-electron chi connectivity index (χ3n) is 6.18. The van der Waals surface area contributed by atoms with Crippen LogP contribution in [0.3, 0.4) is 0 Å². The summed E-state index contributed by atoms with van der Waals surface area (Å²) in [6, 6.07) is 0. The first-order chi connectivity index (χ1) is 15.0. The van der Waals surface area contributed by atoms with Crippen molar-refractivity contribution in [2.45, 2.75) is 147 Å². The average molecular weight is 445 g/mol. The minimum absolute atomic E-state index is 0.00523. The average Bonchev–Trinajstić information content (AvgIpc) is 2.75. The molecule has 0 radical (unpaired) electrons. The summed E-state index contributed by atoms with van der Waals surface area (Å²) in [4.78, 5) is 11.3. The Balaban J connectivity index is 3.30. The second-order valence-corrected chi connectivity index (χ2v) is 9.25. The number of unbranched alkanes of at least 4 members (excludes halogenated alkanes) is 12. The van der Waals surface area contributed by atoms with Gasteiger partial charge in [-0.3, -0.25) is 4.79 Å². The van der Waals surface area contributed by atoms with E-state index in [0.29, 0.717) is 6.42 Å². The van der Waals surface area contributed by atoms with E-state index in [4.69, 9.17) is 9.47 Å². The summed E-state index contributed by atoms with van der Waals surface area (Å²) in [6.45, 7) is 1.84. The summed E-state index contributed by atoms with van der Waals surface area (Å²) in [5, 5.41) is 19.3. The van der Waals surface area contributed by atoms with Crippen molar-refractivity contribution < 1.29 is 24.5 Å². The van der Waals surface area contributed by atoms with Crippen molar-refractivity contribution in [3.63, 3.8) is 0 Å². The minimum atomic E-state index is -0.192. The Morgan fingerprint density at radius 2 is 1.03 bits per heavy atom. The molecule has 0 fully saturated rings. The normalized spacial score (nSPS) is 14.4. The largest absolute Gasteiger partial charge is 0.469 e. The number of ether oxygens (including phenoxy) is 2. The van der Waals surface area contributed by atoms with E-state index < -0.39 is 0 Å². The van der Waals surface area contributed by atoms with Crippen LogP contribution >= 0.6 is 0 Å². The molecule has 0 aromatic carbocycles. The van der Waals surface area contributed by atoms with Gasteiger partial charge in [-0.1, -0.05) is 89.9 Å². The molecule has 5 heteroatoms. The number of aliphatic hydroxyl groups is 2. The van der Waals surface area contributed by atoms with Crippen molar-refractivity contribution in [1.29, 1.82) is 0 Å². The van der Waals surface area contributed by atoms with Crippen molar-refractivity contribution in [3.05, 3.63) is 0 Å². The molecule has 3 atom stereocenters. The van der Waals surface area contributed by atoms with E-state index in [2.05, 4.69) is 0 Å². The van der Waals surface area contributed by atoms with Gasteiger partial charge >= 0.3 is 5.97 Å². The van der Waals surface area contributed by atoms with Crippen LogP contribution in [0.5, 0.6) is 0 Å². The van der Waals surface area contributed by atoms with E-state index in [0.717, 1.165) is 57.8 Å². The highest BCUT2D eigenvalue weighted by atomic mass is 16.5. The molecule has 0 aromatic heterocycles. The summed E-state index contributed by atoms with van der Waals surface area (Å²) in [5.41, 5.74) is 0. The molecule has 0 aliphatic rings. The van der Waals surface area contributed by atoms with Gasteiger partial charge in [0.1, 0.15) is 0 Å². The monoisotopic (exact) mass is 444 g/mol. The van der Waals surface area contributed by atoms with E-state index in [1.807, 2.05) is 6.92 Å². The van der Waals surface area contributed by atoms with E-state index in [1.54, 1.807) is 7.11 Å². The number of esters is 1. The second kappa shape index (κ2) is 22.5. The zero-order valence-corrected chi connectivity index (χ0v) is 20.8. The number of carbonyl (C=O) groups is 1. The molecule has 3 unspecified atom stereocenters. The summed E-state index contributed by atoms with van der Waals surface area (Å²) in [6.07, 6.45) is 20.8. The smallest absolute Gasteiger partial charge is 0.308 e. The van der Waals surface area contributed by atoms with Crippen LogP contribution < -0.4 is 0 Å². The Bertz CT molecular complexity index is 386. The van der Waals surface area contributed by atoms with Crippen LogP contribution in [-0.2, 0) is 14.3 Å². The lowest BCUT2D eigenvalue weighted by Crippen LogP contribution is -2.17. The summed E-state index contributed by atoms with van der Waals surface area (Å²) < 4.78 is 10.0. The molecular formula is C26H52O5. The topological polar surface area (TPSA) is 76.0 Å². The highest BCUT2D eigenvalue weighted by Gasteiger charge is 2.12. The van der Waals surface area contributed by atoms with Gasteiger partial charge in [0.25, 0.3) is 0 Å². The van der Waals surface area contributed by atoms with E-state index in [1.165, 1.54) is 64.9 Å². The fourth-order valence-electron chi connectivity index (χ4n) is 4.06. The quantitative estimate of drug-likeness (QED) is 0.142. The Labute approximate surface area is 192 Å². The molecule has 0 rings (SSSR count). The summed E-state index contributed by atoms with van der Waals surface area (Å²) in [5.74, 6) is -0.192. The van der Waals surface area contributed by atoms with Gasteiger partial charge in [-0.15, -0.1) is 0 Å². The molecule has 31 heavy (non-hydrogen) atoms. The van der Waals surface area contributed by atoms with Crippen molar-refractivity contribution in [2.24, 2.45) is 0 Å². The fraction of sp³-hybridized carbons (Fsp3) is 0.962. The van der Waals surface area contributed by atoms with Gasteiger partial charge in [0.15, 0.2) is 0 Å². The van der Waals surface area contributed by atoms with Crippen LogP contribution in [0.15, 0.2) is 0 Å². The lowest BCUT2D eigenvalue weighted by atomic mass is 10.0. The second-order valence-electron chi connectivity index (χ2n) is 9.25. The van der Waals surface area contributed by atoms with E-state index >= 15 is 0 Å². The molecule has 0 saturated carbocycles. The van der Waals surface area contributed by atoms with Gasteiger partial charge < -0.3 is 19.7 Å². The Morgan fingerprint density at radius 1 is 0.645 bits per heavy atom. The Hall–Kier alpha value is -0.650. The maximum absolute atomic E-state index is 11.3. The molecule has 0 aliphatic heterocycles. The van der Waals surface area contributed by atoms with Crippen molar-refractivity contribution >= 4 is 5.97 Å². The van der Waals surface area contributed by atoms with Gasteiger partial charge in [-0.25, -0.2) is 0 Å². The minimum Gasteiger partial charge on any atom is -0.469 e. The van der Waals surface area contributed by atoms with Crippen LogP contribution in [0.1, 0.15) is 129 Å². The van der Waals surface area contributed by atoms with Gasteiger partial charge in [0, 0.05) is 7.11 Å². The van der Waals surface area contributed by atoms with Crippen LogP contribution in [0.25, 0.3) is 0 Å². The Kier molecular flexibility index (Phi) is 22.1. The maximum Gasteiger partial charge on any atom is 0.308 e. The van der Waals surface area contributed by atoms with Gasteiger partial charge in [0.2, 0.25) is 0 Å². The van der Waals surface area contributed by atoms with Crippen molar-refractivity contribution in [3.8, 4) is 0 Å². The number of hydrogen-bond donors (Lipinski definition) is 2. The number of aliphatic hydroxyl groups excluding tert-OH is 2. The van der Waals surface area contributed by atoms with E-state index in [9.17, 15) is 15.0 Å². The SMILES string of the molecule is COC(=O)CC(CCCCCCCCCCCCCC(O)CCCCCC(C)O)OC. The Morgan fingerprint density at radius 3 is 1.45 bits per heavy atom. The summed E-state index contributed by atoms with van der Waals surface area (Å²) >= 11 is 0. The van der Waals surface area contributed by atoms with Crippen LogP contribution in [0.2, 0.25) is 0 Å². The number of methoxy groups -OCH3 is 2. The first-order valence-electron chi connectivity index (χ1n) is 12.9. The molecule has 0 spiro atoms. The first kappa shape index (κ1) is 30.4. The molecule has 0 saturated heterocycles. The first-order valence-corrected chi connectivity index (χ1v) is 12.9. The molecule has 0 heterocycles. The van der Waals surface area contributed by atoms with Gasteiger partial charge in [0.05, 0.1) is 31.8 Å². The zero-order chi connectivity index (χ0) is 23.2. The van der Waals surface area contributed by atoms with Gasteiger partial charge in [-0.2, -0.15) is 0 Å².